The van der Waals surface area contributed by atoms with Gasteiger partial charge in [0, 0.05) is 55.0 Å². The molecule has 2 aliphatic rings. The fourth-order valence-corrected chi connectivity index (χ4v) is 6.23. The first-order chi connectivity index (χ1) is 19.4. The third kappa shape index (κ3) is 6.49. The molecule has 0 saturated carbocycles. The van der Waals surface area contributed by atoms with E-state index in [9.17, 15) is 9.81 Å². The van der Waals surface area contributed by atoms with Crippen molar-refractivity contribution in [3.05, 3.63) is 54.2 Å². The van der Waals surface area contributed by atoms with E-state index in [0.717, 1.165) is 37.9 Å². The fraction of sp³-hybridized carbons (Fsp3) is 0.414. The topological polar surface area (TPSA) is 119 Å². The van der Waals surface area contributed by atoms with Crippen LogP contribution in [0.15, 0.2) is 53.6 Å². The number of nitrogens with one attached hydrogen (secondary N) is 1. The van der Waals surface area contributed by atoms with Gasteiger partial charge in [0.25, 0.3) is 0 Å². The standard InChI is InChI=1S/C29H34N6O4S/c1-34(2)23-9-13-35(19-23)40(36)28-7-5-22(17-27(28)37-3)32-29-31-12-8-25(33-29)20-4-6-26(21(16-20)18-30)39-24-10-14-38-15-11-24/h4-8,12,16-17,23-24H,9-11,13-15,19H2,1-3H3,(H,31,32,33). The fourth-order valence-electron chi connectivity index (χ4n) is 4.87. The smallest absolute Gasteiger partial charge is 0.227 e. The summed E-state index contributed by atoms with van der Waals surface area (Å²) in [5.74, 6) is 1.50. The average Bonchev–Trinajstić information content (AvgIpc) is 3.49. The summed E-state index contributed by atoms with van der Waals surface area (Å²) in [5.41, 5.74) is 2.62. The summed E-state index contributed by atoms with van der Waals surface area (Å²) in [6.45, 7) is 2.86. The normalized spacial score (nSPS) is 18.9. The Kier molecular flexibility index (Phi) is 9.04. The molecule has 0 spiro atoms. The molecule has 2 saturated heterocycles. The van der Waals surface area contributed by atoms with Crippen LogP contribution in [0.3, 0.4) is 0 Å². The molecule has 2 atom stereocenters. The van der Waals surface area contributed by atoms with Gasteiger partial charge in [-0.3, -0.25) is 0 Å². The van der Waals surface area contributed by atoms with E-state index in [1.807, 2.05) is 28.6 Å². The number of hydrogen-bond donors (Lipinski definition) is 1. The third-order valence-corrected chi connectivity index (χ3v) is 8.73. The zero-order chi connectivity index (χ0) is 28.1. The molecular formula is C29H34N6O4S. The summed E-state index contributed by atoms with van der Waals surface area (Å²) < 4.78 is 32.4. The summed E-state index contributed by atoms with van der Waals surface area (Å²) in [6.07, 6.45) is 4.32. The number of nitriles is 1. The molecule has 1 aromatic heterocycles. The monoisotopic (exact) mass is 562 g/mol. The van der Waals surface area contributed by atoms with Gasteiger partial charge in [0.05, 0.1) is 49.5 Å². The Hall–Kier alpha value is -3.40. The lowest BCUT2D eigenvalue weighted by molar-refractivity contribution is 0.0254. The van der Waals surface area contributed by atoms with Gasteiger partial charge < -0.3 is 29.0 Å². The third-order valence-electron chi connectivity index (χ3n) is 7.21. The molecule has 0 radical (unpaired) electrons. The Balaban J connectivity index is 1.30. The lowest BCUT2D eigenvalue weighted by Gasteiger charge is -2.23. The van der Waals surface area contributed by atoms with Gasteiger partial charge in [0.1, 0.15) is 17.9 Å². The quantitative estimate of drug-likeness (QED) is 0.384. The number of hydrogen-bond acceptors (Lipinski definition) is 10. The first kappa shape index (κ1) is 28.1. The van der Waals surface area contributed by atoms with Gasteiger partial charge in [-0.05, 0) is 50.8 Å². The molecule has 5 rings (SSSR count). The van der Waals surface area contributed by atoms with Crippen LogP contribution in [0.5, 0.6) is 11.5 Å². The molecule has 2 fully saturated rings. The highest BCUT2D eigenvalue weighted by Gasteiger charge is 2.34. The van der Waals surface area contributed by atoms with Crippen molar-refractivity contribution < 1.29 is 18.8 Å². The van der Waals surface area contributed by atoms with Crippen molar-refractivity contribution in [2.45, 2.75) is 36.3 Å². The SMILES string of the molecule is COc1cc(Nc2nccc(-c3ccc(OC4CCOCC4)c(C#N)c3)n2)ccc1[S+]([O-])N1CCC(N(C)C)C1. The maximum Gasteiger partial charge on any atom is 0.227 e. The molecule has 210 valence electrons. The van der Waals surface area contributed by atoms with Crippen molar-refractivity contribution in [1.82, 2.24) is 19.2 Å². The van der Waals surface area contributed by atoms with Crippen molar-refractivity contribution in [3.8, 4) is 28.8 Å². The van der Waals surface area contributed by atoms with Crippen LogP contribution in [0.1, 0.15) is 24.8 Å². The van der Waals surface area contributed by atoms with Gasteiger partial charge in [0.2, 0.25) is 10.8 Å². The molecule has 10 nitrogen and oxygen atoms in total. The number of nitrogens with zero attached hydrogens (tertiary/aromatic N) is 5. The Morgan fingerprint density at radius 3 is 2.67 bits per heavy atom. The van der Waals surface area contributed by atoms with E-state index < -0.39 is 11.4 Å². The van der Waals surface area contributed by atoms with Gasteiger partial charge in [-0.1, -0.05) is 0 Å². The Morgan fingerprint density at radius 2 is 1.95 bits per heavy atom. The number of methoxy groups -OCH3 is 1. The van der Waals surface area contributed by atoms with Crippen LogP contribution < -0.4 is 14.8 Å². The van der Waals surface area contributed by atoms with Gasteiger partial charge >= 0.3 is 0 Å². The van der Waals surface area contributed by atoms with E-state index in [4.69, 9.17) is 14.2 Å². The van der Waals surface area contributed by atoms with Gasteiger partial charge in [0.15, 0.2) is 5.75 Å². The van der Waals surface area contributed by atoms with Crippen molar-refractivity contribution in [3.63, 3.8) is 0 Å². The number of aromatic nitrogens is 2. The lowest BCUT2D eigenvalue weighted by atomic mass is 10.1. The maximum absolute atomic E-state index is 13.3. The van der Waals surface area contributed by atoms with Gasteiger partial charge in [-0.25, -0.2) is 9.97 Å². The minimum Gasteiger partial charge on any atom is -0.593 e. The summed E-state index contributed by atoms with van der Waals surface area (Å²) in [6, 6.07) is 15.4. The first-order valence-corrected chi connectivity index (χ1v) is 14.5. The molecule has 2 aliphatic heterocycles. The van der Waals surface area contributed by atoms with E-state index in [1.165, 1.54) is 0 Å². The Labute approximate surface area is 238 Å². The number of rotatable bonds is 9. The molecule has 0 aliphatic carbocycles. The number of anilines is 2. The van der Waals surface area contributed by atoms with Gasteiger partial charge in [-0.15, -0.1) is 4.31 Å². The van der Waals surface area contributed by atoms with Crippen LogP contribution in [-0.4, -0.2) is 83.4 Å². The number of likely N-dealkylation sites (N-methyl/N-ethyl adjacent to an activating group) is 1. The molecule has 2 unspecified atom stereocenters. The summed E-state index contributed by atoms with van der Waals surface area (Å²) in [5, 5.41) is 13.0. The van der Waals surface area contributed by atoms with Crippen LogP contribution in [0, 0.1) is 11.3 Å². The van der Waals surface area contributed by atoms with Crippen molar-refractivity contribution in [2.24, 2.45) is 0 Å². The molecule has 3 aromatic rings. The molecule has 0 bridgehead atoms. The number of ether oxygens (including phenoxy) is 3. The van der Waals surface area contributed by atoms with Crippen molar-refractivity contribution in [2.75, 3.05) is 52.8 Å². The van der Waals surface area contributed by atoms with Crippen molar-refractivity contribution in [1.29, 1.82) is 5.26 Å². The minimum atomic E-state index is -1.32. The van der Waals surface area contributed by atoms with Crippen molar-refractivity contribution >= 4 is 23.0 Å². The van der Waals surface area contributed by atoms with E-state index in [-0.39, 0.29) is 6.10 Å². The summed E-state index contributed by atoms with van der Waals surface area (Å²) in [7, 11) is 5.68. The van der Waals surface area contributed by atoms with Crippen LogP contribution in [0.2, 0.25) is 0 Å². The average molecular weight is 563 g/mol. The predicted molar refractivity (Wildman–Crippen MR) is 153 cm³/mol. The van der Waals surface area contributed by atoms with Crippen LogP contribution >= 0.6 is 0 Å². The molecule has 3 heterocycles. The van der Waals surface area contributed by atoms with Crippen LogP contribution in [0.4, 0.5) is 11.6 Å². The lowest BCUT2D eigenvalue weighted by Crippen LogP contribution is -2.34. The second-order valence-electron chi connectivity index (χ2n) is 10.1. The summed E-state index contributed by atoms with van der Waals surface area (Å²) in [4.78, 5) is 11.8. The Morgan fingerprint density at radius 1 is 1.12 bits per heavy atom. The van der Waals surface area contributed by atoms with Crippen LogP contribution in [-0.2, 0) is 16.1 Å². The van der Waals surface area contributed by atoms with E-state index in [2.05, 4.69) is 40.3 Å². The predicted octanol–water partition coefficient (Wildman–Crippen LogP) is 3.98. The molecule has 11 heteroatoms. The second kappa shape index (κ2) is 12.8. The molecule has 1 N–H and O–H groups in total. The molecule has 2 aromatic carbocycles. The van der Waals surface area contributed by atoms with Crippen LogP contribution in [0.25, 0.3) is 11.3 Å². The van der Waals surface area contributed by atoms with E-state index in [1.54, 1.807) is 31.5 Å². The molecule has 40 heavy (non-hydrogen) atoms. The molecule has 0 amide bonds. The zero-order valence-electron chi connectivity index (χ0n) is 23.0. The first-order valence-electron chi connectivity index (χ1n) is 13.4. The van der Waals surface area contributed by atoms with Gasteiger partial charge in [-0.2, -0.15) is 5.26 Å². The highest BCUT2D eigenvalue weighted by molar-refractivity contribution is 7.89. The zero-order valence-corrected chi connectivity index (χ0v) is 23.8. The summed E-state index contributed by atoms with van der Waals surface area (Å²) >= 11 is -1.32. The molecular weight excluding hydrogens is 528 g/mol. The maximum atomic E-state index is 13.3. The highest BCUT2D eigenvalue weighted by atomic mass is 32.2. The number of benzene rings is 2. The van der Waals surface area contributed by atoms with E-state index in [0.29, 0.717) is 58.5 Å². The highest BCUT2D eigenvalue weighted by Crippen LogP contribution is 2.33. The van der Waals surface area contributed by atoms with E-state index >= 15 is 0 Å². The largest absolute Gasteiger partial charge is 0.593 e. The minimum absolute atomic E-state index is 0.0488. The second-order valence-corrected chi connectivity index (χ2v) is 11.5. The Bertz CT molecular complexity index is 1360.